The summed E-state index contributed by atoms with van der Waals surface area (Å²) in [5.74, 6) is -0.888. The molecule has 0 aromatic heterocycles. The van der Waals surface area contributed by atoms with Crippen LogP contribution in [0.15, 0.2) is 24.3 Å². The van der Waals surface area contributed by atoms with Crippen LogP contribution in [0.4, 0.5) is 18.9 Å². The lowest BCUT2D eigenvalue weighted by Crippen LogP contribution is -2.17. The van der Waals surface area contributed by atoms with E-state index in [4.69, 9.17) is 5.73 Å². The number of anilines is 1. The number of hydrogen-bond acceptors (Lipinski definition) is 4. The third-order valence-corrected chi connectivity index (χ3v) is 2.07. The predicted molar refractivity (Wildman–Crippen MR) is 63.2 cm³/mol. The molecule has 0 aliphatic heterocycles. The van der Waals surface area contributed by atoms with Crippen molar-refractivity contribution in [2.45, 2.75) is 12.8 Å². The summed E-state index contributed by atoms with van der Waals surface area (Å²) in [6.45, 7) is 0. The zero-order chi connectivity index (χ0) is 14.5. The minimum atomic E-state index is -4.79. The van der Waals surface area contributed by atoms with E-state index in [2.05, 4.69) is 9.47 Å². The van der Waals surface area contributed by atoms with Gasteiger partial charge in [-0.1, -0.05) is 12.2 Å². The van der Waals surface area contributed by atoms with Crippen LogP contribution >= 0.6 is 0 Å². The fourth-order valence-corrected chi connectivity index (χ4v) is 1.28. The largest absolute Gasteiger partial charge is 0.573 e. The van der Waals surface area contributed by atoms with E-state index in [1.165, 1.54) is 31.4 Å². The lowest BCUT2D eigenvalue weighted by Gasteiger charge is -2.11. The Labute approximate surface area is 107 Å². The second-order valence-electron chi connectivity index (χ2n) is 3.53. The molecule has 0 fully saturated rings. The minimum Gasteiger partial charge on any atom is -0.469 e. The van der Waals surface area contributed by atoms with Gasteiger partial charge in [-0.15, -0.1) is 13.2 Å². The third kappa shape index (κ3) is 5.33. The van der Waals surface area contributed by atoms with E-state index in [1.807, 2.05) is 0 Å². The first-order valence-corrected chi connectivity index (χ1v) is 5.20. The normalized spacial score (nSPS) is 11.6. The summed E-state index contributed by atoms with van der Waals surface area (Å²) in [4.78, 5) is 10.9. The van der Waals surface area contributed by atoms with Crippen LogP contribution in [-0.4, -0.2) is 19.4 Å². The van der Waals surface area contributed by atoms with Gasteiger partial charge < -0.3 is 15.2 Å². The Morgan fingerprint density at radius 1 is 1.42 bits per heavy atom. The molecule has 1 aromatic rings. The van der Waals surface area contributed by atoms with Crippen molar-refractivity contribution in [3.05, 3.63) is 29.8 Å². The second-order valence-corrected chi connectivity index (χ2v) is 3.53. The molecule has 0 saturated heterocycles. The number of nitrogen functional groups attached to an aromatic ring is 1. The molecule has 0 saturated carbocycles. The van der Waals surface area contributed by atoms with Gasteiger partial charge in [-0.25, -0.2) is 0 Å². The van der Waals surface area contributed by atoms with Crippen molar-refractivity contribution >= 4 is 17.7 Å². The molecule has 2 N–H and O–H groups in total. The van der Waals surface area contributed by atoms with E-state index in [0.29, 0.717) is 0 Å². The maximum absolute atomic E-state index is 12.2. The fraction of sp³-hybridized carbons (Fsp3) is 0.250. The number of carbonyl (C=O) groups excluding carboxylic acids is 1. The first kappa shape index (κ1) is 14.9. The van der Waals surface area contributed by atoms with Gasteiger partial charge in [0.15, 0.2) is 0 Å². The van der Waals surface area contributed by atoms with Gasteiger partial charge in [0, 0.05) is 11.3 Å². The van der Waals surface area contributed by atoms with Crippen LogP contribution in [0.5, 0.6) is 5.75 Å². The highest BCUT2D eigenvalue weighted by molar-refractivity contribution is 5.73. The van der Waals surface area contributed by atoms with E-state index in [1.54, 1.807) is 0 Å². The van der Waals surface area contributed by atoms with Crippen LogP contribution in [0.25, 0.3) is 6.08 Å². The van der Waals surface area contributed by atoms with Crippen LogP contribution < -0.4 is 10.5 Å². The standard InChI is InChI=1S/C12H12F3NO3/c1-18-11(17)4-2-3-8-7-9(16)5-6-10(8)19-12(13,14)15/h2-3,5-7H,4,16H2,1H3. The van der Waals surface area contributed by atoms with E-state index in [-0.39, 0.29) is 23.4 Å². The van der Waals surface area contributed by atoms with Crippen molar-refractivity contribution in [3.8, 4) is 5.75 Å². The molecule has 104 valence electrons. The molecule has 0 aliphatic rings. The average Bonchev–Trinajstić information content (AvgIpc) is 2.30. The van der Waals surface area contributed by atoms with Crippen molar-refractivity contribution in [2.75, 3.05) is 12.8 Å². The number of nitrogens with two attached hydrogens (primary N) is 1. The number of alkyl halides is 3. The Bertz CT molecular complexity index is 484. The summed E-state index contributed by atoms with van der Waals surface area (Å²) >= 11 is 0. The minimum absolute atomic E-state index is 0.0588. The topological polar surface area (TPSA) is 61.5 Å². The van der Waals surface area contributed by atoms with Crippen LogP contribution in [0.3, 0.4) is 0 Å². The Morgan fingerprint density at radius 2 is 2.11 bits per heavy atom. The molecular formula is C12H12F3NO3. The molecule has 0 aliphatic carbocycles. The van der Waals surface area contributed by atoms with Crippen LogP contribution in [0, 0.1) is 0 Å². The van der Waals surface area contributed by atoms with Crippen molar-refractivity contribution in [1.82, 2.24) is 0 Å². The van der Waals surface area contributed by atoms with Gasteiger partial charge >= 0.3 is 12.3 Å². The van der Waals surface area contributed by atoms with E-state index in [9.17, 15) is 18.0 Å². The first-order chi connectivity index (χ1) is 8.81. The van der Waals surface area contributed by atoms with E-state index >= 15 is 0 Å². The Balaban J connectivity index is 2.91. The molecule has 0 atom stereocenters. The smallest absolute Gasteiger partial charge is 0.469 e. The number of esters is 1. The number of carbonyl (C=O) groups is 1. The Hall–Kier alpha value is -2.18. The lowest BCUT2D eigenvalue weighted by atomic mass is 10.1. The van der Waals surface area contributed by atoms with Gasteiger partial charge in [0.1, 0.15) is 5.75 Å². The first-order valence-electron chi connectivity index (χ1n) is 5.20. The molecule has 1 aromatic carbocycles. The fourth-order valence-electron chi connectivity index (χ4n) is 1.28. The summed E-state index contributed by atoms with van der Waals surface area (Å²) < 4.78 is 44.8. The second kappa shape index (κ2) is 6.12. The number of halogens is 3. The van der Waals surface area contributed by atoms with Gasteiger partial charge in [0.25, 0.3) is 0 Å². The summed E-state index contributed by atoms with van der Waals surface area (Å²) in [7, 11) is 1.22. The van der Waals surface area contributed by atoms with Gasteiger partial charge in [-0.3, -0.25) is 4.79 Å². The van der Waals surface area contributed by atoms with Gasteiger partial charge in [-0.05, 0) is 18.2 Å². The van der Waals surface area contributed by atoms with Crippen molar-refractivity contribution in [1.29, 1.82) is 0 Å². The van der Waals surface area contributed by atoms with Gasteiger partial charge in [0.2, 0.25) is 0 Å². The van der Waals surface area contributed by atoms with E-state index < -0.39 is 12.3 Å². The van der Waals surface area contributed by atoms with Crippen molar-refractivity contribution < 1.29 is 27.4 Å². The van der Waals surface area contributed by atoms with Gasteiger partial charge in [0.05, 0.1) is 13.5 Å². The van der Waals surface area contributed by atoms with Gasteiger partial charge in [-0.2, -0.15) is 0 Å². The molecule has 7 heteroatoms. The predicted octanol–water partition coefficient (Wildman–Crippen LogP) is 2.74. The summed E-state index contributed by atoms with van der Waals surface area (Å²) in [6.07, 6.45) is -2.17. The van der Waals surface area contributed by atoms with Crippen molar-refractivity contribution in [3.63, 3.8) is 0 Å². The number of hydrogen-bond donors (Lipinski definition) is 1. The zero-order valence-electron chi connectivity index (χ0n) is 10.0. The molecular weight excluding hydrogens is 263 g/mol. The number of rotatable bonds is 4. The quantitative estimate of drug-likeness (QED) is 0.678. The maximum atomic E-state index is 12.2. The molecule has 0 heterocycles. The number of benzene rings is 1. The summed E-state index contributed by atoms with van der Waals surface area (Å²) in [5.41, 5.74) is 5.90. The average molecular weight is 275 g/mol. The van der Waals surface area contributed by atoms with Crippen molar-refractivity contribution in [2.24, 2.45) is 0 Å². The molecule has 0 radical (unpaired) electrons. The molecule has 0 amide bonds. The van der Waals surface area contributed by atoms with Crippen LogP contribution in [0.1, 0.15) is 12.0 Å². The number of methoxy groups -OCH3 is 1. The molecule has 4 nitrogen and oxygen atoms in total. The molecule has 1 rings (SSSR count). The summed E-state index contributed by atoms with van der Waals surface area (Å²) in [6, 6.07) is 3.72. The molecule has 19 heavy (non-hydrogen) atoms. The SMILES string of the molecule is COC(=O)CC=Cc1cc(N)ccc1OC(F)(F)F. The third-order valence-electron chi connectivity index (χ3n) is 2.07. The molecule has 0 bridgehead atoms. The van der Waals surface area contributed by atoms with Crippen LogP contribution in [0.2, 0.25) is 0 Å². The zero-order valence-corrected chi connectivity index (χ0v) is 10.0. The maximum Gasteiger partial charge on any atom is 0.573 e. The summed E-state index contributed by atoms with van der Waals surface area (Å²) in [5, 5.41) is 0. The Kier molecular flexibility index (Phi) is 4.80. The lowest BCUT2D eigenvalue weighted by molar-refractivity contribution is -0.274. The van der Waals surface area contributed by atoms with E-state index in [0.717, 1.165) is 6.07 Å². The number of ether oxygens (including phenoxy) is 2. The Morgan fingerprint density at radius 3 is 2.68 bits per heavy atom. The highest BCUT2D eigenvalue weighted by atomic mass is 19.4. The highest BCUT2D eigenvalue weighted by Crippen LogP contribution is 2.28. The molecule has 0 spiro atoms. The highest BCUT2D eigenvalue weighted by Gasteiger charge is 2.31. The monoisotopic (exact) mass is 275 g/mol. The molecule has 0 unspecified atom stereocenters. The van der Waals surface area contributed by atoms with Crippen LogP contribution in [-0.2, 0) is 9.53 Å².